The Morgan fingerprint density at radius 2 is 1.55 bits per heavy atom. The molecule has 0 bridgehead atoms. The highest BCUT2D eigenvalue weighted by Gasteiger charge is 2.32. The first-order valence-corrected chi connectivity index (χ1v) is 9.28. The van der Waals surface area contributed by atoms with Gasteiger partial charge in [-0.1, -0.05) is 44.9 Å². The van der Waals surface area contributed by atoms with E-state index < -0.39 is 0 Å². The quantitative estimate of drug-likeness (QED) is 0.795. The second kappa shape index (κ2) is 7.26. The molecule has 2 nitrogen and oxygen atoms in total. The molecule has 2 atom stereocenters. The van der Waals surface area contributed by atoms with Crippen LogP contribution >= 0.6 is 0 Å². The van der Waals surface area contributed by atoms with E-state index in [-0.39, 0.29) is 0 Å². The first-order valence-electron chi connectivity index (χ1n) is 9.28. The van der Waals surface area contributed by atoms with Crippen LogP contribution in [0, 0.1) is 11.8 Å². The molecule has 0 amide bonds. The van der Waals surface area contributed by atoms with E-state index in [4.69, 9.17) is 0 Å². The van der Waals surface area contributed by atoms with Crippen molar-refractivity contribution in [2.45, 2.75) is 82.7 Å². The Balaban J connectivity index is 1.44. The second-order valence-electron chi connectivity index (χ2n) is 7.62. The van der Waals surface area contributed by atoms with Crippen molar-refractivity contribution in [1.82, 2.24) is 10.2 Å². The van der Waals surface area contributed by atoms with Crippen molar-refractivity contribution in [3.63, 3.8) is 0 Å². The zero-order chi connectivity index (χ0) is 13.8. The van der Waals surface area contributed by atoms with E-state index in [9.17, 15) is 0 Å². The highest BCUT2D eigenvalue weighted by Crippen LogP contribution is 2.38. The molecule has 0 heterocycles. The van der Waals surface area contributed by atoms with Crippen LogP contribution in [0.5, 0.6) is 0 Å². The van der Waals surface area contributed by atoms with Crippen LogP contribution in [0.3, 0.4) is 0 Å². The van der Waals surface area contributed by atoms with Crippen LogP contribution in [0.25, 0.3) is 0 Å². The van der Waals surface area contributed by atoms with Crippen LogP contribution < -0.4 is 5.32 Å². The first kappa shape index (κ1) is 14.8. The fraction of sp³-hybridized carbons (Fsp3) is 1.00. The highest BCUT2D eigenvalue weighted by atomic mass is 15.2. The molecular weight excluding hydrogens is 244 g/mol. The minimum absolute atomic E-state index is 0.833. The Kier molecular flexibility index (Phi) is 5.39. The standard InChI is InChI=1S/C18H34N2/c1-20(16-11-12-16)14-13-19-18-10-6-5-9-17(18)15-7-3-2-4-8-15/h15-19H,2-14H2,1H3. The van der Waals surface area contributed by atoms with Gasteiger partial charge in [0.15, 0.2) is 0 Å². The Bertz CT molecular complexity index is 281. The molecule has 3 rings (SSSR count). The Labute approximate surface area is 125 Å². The largest absolute Gasteiger partial charge is 0.312 e. The molecule has 3 fully saturated rings. The average molecular weight is 278 g/mol. The molecule has 0 radical (unpaired) electrons. The van der Waals surface area contributed by atoms with Gasteiger partial charge in [-0.15, -0.1) is 0 Å². The summed E-state index contributed by atoms with van der Waals surface area (Å²) < 4.78 is 0. The van der Waals surface area contributed by atoms with Crippen molar-refractivity contribution in [3.05, 3.63) is 0 Å². The van der Waals surface area contributed by atoms with Gasteiger partial charge >= 0.3 is 0 Å². The molecule has 3 aliphatic rings. The van der Waals surface area contributed by atoms with Gasteiger partial charge in [0.2, 0.25) is 0 Å². The number of likely N-dealkylation sites (N-methyl/N-ethyl adjacent to an activating group) is 1. The predicted molar refractivity (Wildman–Crippen MR) is 86.0 cm³/mol. The van der Waals surface area contributed by atoms with Crippen molar-refractivity contribution in [2.24, 2.45) is 11.8 Å². The average Bonchev–Trinajstić information content (AvgIpc) is 3.33. The van der Waals surface area contributed by atoms with Crippen LogP contribution in [-0.4, -0.2) is 37.1 Å². The molecule has 3 aliphatic carbocycles. The minimum atomic E-state index is 0.833. The van der Waals surface area contributed by atoms with Gasteiger partial charge < -0.3 is 10.2 Å². The van der Waals surface area contributed by atoms with E-state index >= 15 is 0 Å². The summed E-state index contributed by atoms with van der Waals surface area (Å²) in [5.74, 6) is 2.04. The Morgan fingerprint density at radius 3 is 2.30 bits per heavy atom. The predicted octanol–water partition coefficient (Wildman–Crippen LogP) is 3.81. The van der Waals surface area contributed by atoms with E-state index in [1.54, 1.807) is 0 Å². The molecule has 2 unspecified atom stereocenters. The van der Waals surface area contributed by atoms with Crippen molar-refractivity contribution in [2.75, 3.05) is 20.1 Å². The third-order valence-corrected chi connectivity index (χ3v) is 6.12. The van der Waals surface area contributed by atoms with E-state index in [0.29, 0.717) is 0 Å². The summed E-state index contributed by atoms with van der Waals surface area (Å²) in [5.41, 5.74) is 0. The lowest BCUT2D eigenvalue weighted by atomic mass is 9.71. The number of nitrogens with zero attached hydrogens (tertiary/aromatic N) is 1. The van der Waals surface area contributed by atoms with Crippen LogP contribution in [-0.2, 0) is 0 Å². The van der Waals surface area contributed by atoms with Gasteiger partial charge in [0.25, 0.3) is 0 Å². The van der Waals surface area contributed by atoms with Gasteiger partial charge in [0.1, 0.15) is 0 Å². The van der Waals surface area contributed by atoms with Gasteiger partial charge in [-0.2, -0.15) is 0 Å². The van der Waals surface area contributed by atoms with Crippen LogP contribution in [0.15, 0.2) is 0 Å². The van der Waals surface area contributed by atoms with Gasteiger partial charge in [-0.3, -0.25) is 0 Å². The van der Waals surface area contributed by atoms with Gasteiger partial charge in [-0.25, -0.2) is 0 Å². The van der Waals surface area contributed by atoms with Crippen molar-refractivity contribution >= 4 is 0 Å². The van der Waals surface area contributed by atoms with E-state index in [1.165, 1.54) is 83.7 Å². The zero-order valence-corrected chi connectivity index (χ0v) is 13.4. The van der Waals surface area contributed by atoms with Gasteiger partial charge in [0, 0.05) is 25.2 Å². The third-order valence-electron chi connectivity index (χ3n) is 6.12. The number of rotatable bonds is 6. The Hall–Kier alpha value is -0.0800. The monoisotopic (exact) mass is 278 g/mol. The summed E-state index contributed by atoms with van der Waals surface area (Å²) in [4.78, 5) is 2.56. The number of nitrogens with one attached hydrogen (secondary N) is 1. The van der Waals surface area contributed by atoms with Crippen molar-refractivity contribution < 1.29 is 0 Å². The fourth-order valence-electron chi connectivity index (χ4n) is 4.66. The Morgan fingerprint density at radius 1 is 0.850 bits per heavy atom. The molecule has 1 N–H and O–H groups in total. The van der Waals surface area contributed by atoms with E-state index in [1.807, 2.05) is 0 Å². The van der Waals surface area contributed by atoms with Crippen LogP contribution in [0.2, 0.25) is 0 Å². The van der Waals surface area contributed by atoms with Crippen LogP contribution in [0.4, 0.5) is 0 Å². The summed E-state index contributed by atoms with van der Waals surface area (Å²) in [6.07, 6.45) is 16.3. The van der Waals surface area contributed by atoms with Gasteiger partial charge in [0.05, 0.1) is 0 Å². The van der Waals surface area contributed by atoms with Crippen molar-refractivity contribution in [1.29, 1.82) is 0 Å². The molecule has 0 saturated heterocycles. The summed E-state index contributed by atoms with van der Waals surface area (Å²) in [6, 6.07) is 1.75. The molecule has 0 aromatic rings. The molecule has 20 heavy (non-hydrogen) atoms. The molecule has 0 aromatic heterocycles. The molecule has 2 heteroatoms. The summed E-state index contributed by atoms with van der Waals surface area (Å²) in [7, 11) is 2.30. The smallest absolute Gasteiger partial charge is 0.0107 e. The number of hydrogen-bond acceptors (Lipinski definition) is 2. The third kappa shape index (κ3) is 3.98. The highest BCUT2D eigenvalue weighted by molar-refractivity contribution is 4.88. The zero-order valence-electron chi connectivity index (χ0n) is 13.4. The second-order valence-corrected chi connectivity index (χ2v) is 7.62. The van der Waals surface area contributed by atoms with E-state index in [2.05, 4.69) is 17.3 Å². The topological polar surface area (TPSA) is 15.3 Å². The summed E-state index contributed by atoms with van der Waals surface area (Å²) >= 11 is 0. The lowest BCUT2D eigenvalue weighted by molar-refractivity contribution is 0.147. The normalized spacial score (nSPS) is 32.7. The van der Waals surface area contributed by atoms with E-state index in [0.717, 1.165) is 23.9 Å². The van der Waals surface area contributed by atoms with Crippen molar-refractivity contribution in [3.8, 4) is 0 Å². The SMILES string of the molecule is CN(CCNC1CCCCC1C1CCCCC1)C1CC1. The summed E-state index contributed by atoms with van der Waals surface area (Å²) in [5, 5.41) is 3.94. The molecule has 0 aromatic carbocycles. The number of hydrogen-bond donors (Lipinski definition) is 1. The maximum atomic E-state index is 3.94. The molecule has 0 spiro atoms. The molecule has 116 valence electrons. The maximum Gasteiger partial charge on any atom is 0.0107 e. The molecule has 0 aliphatic heterocycles. The molecule has 3 saturated carbocycles. The van der Waals surface area contributed by atoms with Gasteiger partial charge in [-0.05, 0) is 44.6 Å². The fourth-order valence-corrected chi connectivity index (χ4v) is 4.66. The summed E-state index contributed by atoms with van der Waals surface area (Å²) in [6.45, 7) is 2.46. The first-order chi connectivity index (χ1) is 9.84. The molecular formula is C18H34N2. The minimum Gasteiger partial charge on any atom is -0.312 e. The maximum absolute atomic E-state index is 3.94. The lowest BCUT2D eigenvalue weighted by Gasteiger charge is -2.39. The lowest BCUT2D eigenvalue weighted by Crippen LogP contribution is -2.45. The van der Waals surface area contributed by atoms with Crippen LogP contribution in [0.1, 0.15) is 70.6 Å².